The standard InChI is InChI=1S/C13H14BrFN4/c1-7-4-5-18-13(16)11(7)12(19-17)8-2-3-10(15)9(14)6-8/h2-6,12,19H,17H2,1H3,(H2,16,18). The molecule has 0 aliphatic heterocycles. The molecule has 1 aromatic carbocycles. The molecule has 19 heavy (non-hydrogen) atoms. The molecule has 1 unspecified atom stereocenters. The van der Waals surface area contributed by atoms with E-state index in [-0.39, 0.29) is 11.9 Å². The van der Waals surface area contributed by atoms with Gasteiger partial charge in [-0.05, 0) is 52.2 Å². The zero-order valence-electron chi connectivity index (χ0n) is 10.3. The zero-order valence-corrected chi connectivity index (χ0v) is 11.9. The molecule has 0 bridgehead atoms. The van der Waals surface area contributed by atoms with Gasteiger partial charge in [0, 0.05) is 11.8 Å². The van der Waals surface area contributed by atoms with E-state index in [0.29, 0.717) is 10.3 Å². The quantitative estimate of drug-likeness (QED) is 0.598. The number of aryl methyl sites for hydroxylation is 1. The van der Waals surface area contributed by atoms with Crippen molar-refractivity contribution in [1.82, 2.24) is 10.4 Å². The van der Waals surface area contributed by atoms with Crippen molar-refractivity contribution in [3.05, 3.63) is 57.4 Å². The predicted molar refractivity (Wildman–Crippen MR) is 76.7 cm³/mol. The molecular formula is C13H14BrFN4. The van der Waals surface area contributed by atoms with Crippen molar-refractivity contribution < 1.29 is 4.39 Å². The summed E-state index contributed by atoms with van der Waals surface area (Å²) in [5, 5.41) is 0. The van der Waals surface area contributed by atoms with Crippen LogP contribution >= 0.6 is 15.9 Å². The number of nitrogen functional groups attached to an aromatic ring is 1. The lowest BCUT2D eigenvalue weighted by atomic mass is 9.96. The Labute approximate surface area is 119 Å². The van der Waals surface area contributed by atoms with Crippen LogP contribution in [-0.2, 0) is 0 Å². The second kappa shape index (κ2) is 5.64. The molecule has 0 fully saturated rings. The highest BCUT2D eigenvalue weighted by atomic mass is 79.9. The van der Waals surface area contributed by atoms with Gasteiger partial charge in [-0.2, -0.15) is 0 Å². The van der Waals surface area contributed by atoms with Crippen molar-refractivity contribution in [3.8, 4) is 0 Å². The number of anilines is 1. The summed E-state index contributed by atoms with van der Waals surface area (Å²) in [6, 6.07) is 6.23. The molecule has 0 saturated heterocycles. The Morgan fingerprint density at radius 3 is 2.68 bits per heavy atom. The summed E-state index contributed by atoms with van der Waals surface area (Å²) in [4.78, 5) is 4.07. The highest BCUT2D eigenvalue weighted by molar-refractivity contribution is 9.10. The van der Waals surface area contributed by atoms with Crippen molar-refractivity contribution >= 4 is 21.7 Å². The molecule has 0 spiro atoms. The molecule has 0 saturated carbocycles. The average molecular weight is 325 g/mol. The summed E-state index contributed by atoms with van der Waals surface area (Å²) in [6.07, 6.45) is 1.64. The van der Waals surface area contributed by atoms with Gasteiger partial charge in [0.2, 0.25) is 0 Å². The Bertz CT molecular complexity index is 583. The maximum atomic E-state index is 13.3. The Kier molecular flexibility index (Phi) is 4.14. The van der Waals surface area contributed by atoms with Crippen LogP contribution in [0.5, 0.6) is 0 Å². The SMILES string of the molecule is Cc1ccnc(N)c1C(NN)c1ccc(F)c(Br)c1. The number of hydrazine groups is 1. The summed E-state index contributed by atoms with van der Waals surface area (Å²) in [5.74, 6) is 5.70. The molecule has 6 heteroatoms. The third kappa shape index (κ3) is 2.75. The van der Waals surface area contributed by atoms with E-state index in [1.54, 1.807) is 18.3 Å². The van der Waals surface area contributed by atoms with Gasteiger partial charge in [0.25, 0.3) is 0 Å². The predicted octanol–water partition coefficient (Wildman–Crippen LogP) is 2.43. The summed E-state index contributed by atoms with van der Waals surface area (Å²) in [6.45, 7) is 1.93. The first kappa shape index (κ1) is 13.9. The first-order valence-electron chi connectivity index (χ1n) is 5.66. The van der Waals surface area contributed by atoms with Gasteiger partial charge in [-0.3, -0.25) is 5.84 Å². The summed E-state index contributed by atoms with van der Waals surface area (Å²) in [5.41, 5.74) is 11.2. The Morgan fingerprint density at radius 1 is 1.37 bits per heavy atom. The number of rotatable bonds is 3. The monoisotopic (exact) mass is 324 g/mol. The van der Waals surface area contributed by atoms with Crippen LogP contribution in [0, 0.1) is 12.7 Å². The number of nitrogens with two attached hydrogens (primary N) is 2. The largest absolute Gasteiger partial charge is 0.383 e. The number of nitrogens with zero attached hydrogens (tertiary/aromatic N) is 1. The molecule has 0 aliphatic carbocycles. The minimum atomic E-state index is -0.342. The second-order valence-corrected chi connectivity index (χ2v) is 5.05. The fourth-order valence-electron chi connectivity index (χ4n) is 2.00. The molecule has 2 rings (SSSR count). The molecule has 0 amide bonds. The molecule has 0 aliphatic rings. The fourth-order valence-corrected chi connectivity index (χ4v) is 2.40. The number of hydrogen-bond acceptors (Lipinski definition) is 4. The number of benzene rings is 1. The van der Waals surface area contributed by atoms with Crippen molar-refractivity contribution in [2.24, 2.45) is 5.84 Å². The highest BCUT2D eigenvalue weighted by Gasteiger charge is 2.19. The van der Waals surface area contributed by atoms with Gasteiger partial charge >= 0.3 is 0 Å². The Morgan fingerprint density at radius 2 is 2.11 bits per heavy atom. The van der Waals surface area contributed by atoms with Gasteiger partial charge in [-0.1, -0.05) is 6.07 Å². The number of aromatic nitrogens is 1. The van der Waals surface area contributed by atoms with Gasteiger partial charge in [-0.25, -0.2) is 14.8 Å². The first-order valence-corrected chi connectivity index (χ1v) is 6.46. The van der Waals surface area contributed by atoms with Gasteiger partial charge in [0.1, 0.15) is 11.6 Å². The number of hydrogen-bond donors (Lipinski definition) is 3. The molecule has 4 nitrogen and oxygen atoms in total. The maximum absolute atomic E-state index is 13.3. The zero-order chi connectivity index (χ0) is 14.0. The fraction of sp³-hybridized carbons (Fsp3) is 0.154. The minimum absolute atomic E-state index is 0.324. The van der Waals surface area contributed by atoms with E-state index in [1.807, 2.05) is 13.0 Å². The van der Waals surface area contributed by atoms with Crippen LogP contribution in [-0.4, -0.2) is 4.98 Å². The van der Waals surface area contributed by atoms with Crippen LogP contribution in [0.3, 0.4) is 0 Å². The van der Waals surface area contributed by atoms with Crippen LogP contribution < -0.4 is 17.0 Å². The van der Waals surface area contributed by atoms with Crippen molar-refractivity contribution in [1.29, 1.82) is 0 Å². The van der Waals surface area contributed by atoms with E-state index >= 15 is 0 Å². The van der Waals surface area contributed by atoms with Crippen molar-refractivity contribution in [2.45, 2.75) is 13.0 Å². The number of nitrogens with one attached hydrogen (secondary N) is 1. The van der Waals surface area contributed by atoms with E-state index in [4.69, 9.17) is 11.6 Å². The Hall–Kier alpha value is -1.50. The normalized spacial score (nSPS) is 12.4. The van der Waals surface area contributed by atoms with Crippen LogP contribution in [0.15, 0.2) is 34.9 Å². The van der Waals surface area contributed by atoms with E-state index in [9.17, 15) is 4.39 Å². The molecule has 2 aromatic rings. The molecule has 1 heterocycles. The third-order valence-electron chi connectivity index (χ3n) is 2.97. The molecule has 1 aromatic heterocycles. The average Bonchev–Trinajstić information content (AvgIpc) is 2.37. The minimum Gasteiger partial charge on any atom is -0.383 e. The molecule has 5 N–H and O–H groups in total. The van der Waals surface area contributed by atoms with E-state index in [2.05, 4.69) is 26.3 Å². The summed E-state index contributed by atoms with van der Waals surface area (Å²) < 4.78 is 13.7. The van der Waals surface area contributed by atoms with Crippen molar-refractivity contribution in [2.75, 3.05) is 5.73 Å². The van der Waals surface area contributed by atoms with E-state index in [0.717, 1.165) is 16.7 Å². The summed E-state index contributed by atoms with van der Waals surface area (Å²) in [7, 11) is 0. The third-order valence-corrected chi connectivity index (χ3v) is 3.58. The van der Waals surface area contributed by atoms with Crippen LogP contribution in [0.1, 0.15) is 22.7 Å². The topological polar surface area (TPSA) is 77.0 Å². The van der Waals surface area contributed by atoms with E-state index in [1.165, 1.54) is 6.07 Å². The smallest absolute Gasteiger partial charge is 0.137 e. The maximum Gasteiger partial charge on any atom is 0.137 e. The van der Waals surface area contributed by atoms with Gasteiger partial charge in [-0.15, -0.1) is 0 Å². The van der Waals surface area contributed by atoms with Gasteiger partial charge in [0.15, 0.2) is 0 Å². The number of halogens is 2. The molecular weight excluding hydrogens is 311 g/mol. The lowest BCUT2D eigenvalue weighted by Gasteiger charge is -2.20. The molecule has 100 valence electrons. The number of pyridine rings is 1. The first-order chi connectivity index (χ1) is 9.04. The van der Waals surface area contributed by atoms with Crippen LogP contribution in [0.25, 0.3) is 0 Å². The van der Waals surface area contributed by atoms with Crippen LogP contribution in [0.4, 0.5) is 10.2 Å². The Balaban J connectivity index is 2.53. The lowest BCUT2D eigenvalue weighted by molar-refractivity contribution is 0.609. The summed E-state index contributed by atoms with van der Waals surface area (Å²) >= 11 is 3.16. The molecule has 0 radical (unpaired) electrons. The lowest BCUT2D eigenvalue weighted by Crippen LogP contribution is -2.30. The van der Waals surface area contributed by atoms with Gasteiger partial charge in [0.05, 0.1) is 10.5 Å². The second-order valence-electron chi connectivity index (χ2n) is 4.20. The molecule has 1 atom stereocenters. The highest BCUT2D eigenvalue weighted by Crippen LogP contribution is 2.30. The van der Waals surface area contributed by atoms with Crippen LogP contribution in [0.2, 0.25) is 0 Å². The van der Waals surface area contributed by atoms with E-state index < -0.39 is 0 Å². The van der Waals surface area contributed by atoms with Gasteiger partial charge < -0.3 is 5.73 Å². The van der Waals surface area contributed by atoms with Crippen molar-refractivity contribution in [3.63, 3.8) is 0 Å².